The second-order valence-corrected chi connectivity index (χ2v) is 12.7. The number of nitrogens with two attached hydrogens (primary N) is 1. The molecule has 0 spiro atoms. The number of hydrogen-bond acceptors (Lipinski definition) is 8. The van der Waals surface area contributed by atoms with E-state index in [1.807, 2.05) is 22.9 Å². The van der Waals surface area contributed by atoms with Gasteiger partial charge in [0.15, 0.2) is 11.4 Å². The number of nitrogens with one attached hydrogen (secondary N) is 2. The largest absolute Gasteiger partial charge is 0.494 e. The molecule has 4 N–H and O–H groups in total. The molecule has 1 aromatic carbocycles. The number of methoxy groups -OCH3 is 1. The lowest BCUT2D eigenvalue weighted by molar-refractivity contribution is -0.117. The van der Waals surface area contributed by atoms with Gasteiger partial charge in [-0.2, -0.15) is 10.2 Å². The Kier molecular flexibility index (Phi) is 6.04. The molecule has 3 aromatic rings. The fourth-order valence-electron chi connectivity index (χ4n) is 4.06. The zero-order chi connectivity index (χ0) is 25.6. The van der Waals surface area contributed by atoms with Crippen LogP contribution in [0.25, 0.3) is 11.3 Å². The molecule has 188 valence electrons. The molecule has 0 aliphatic heterocycles. The third kappa shape index (κ3) is 4.70. The van der Waals surface area contributed by atoms with Crippen LogP contribution in [0.2, 0.25) is 0 Å². The minimum atomic E-state index is -2.56. The fourth-order valence-corrected chi connectivity index (χ4v) is 5.19. The summed E-state index contributed by atoms with van der Waals surface area (Å²) in [7, 11) is -1.03. The third-order valence-electron chi connectivity index (χ3n) is 6.21. The molecule has 2 saturated carbocycles. The molecule has 2 fully saturated rings. The topological polar surface area (TPSA) is 154 Å². The van der Waals surface area contributed by atoms with Gasteiger partial charge in [-0.3, -0.25) is 14.3 Å². The summed E-state index contributed by atoms with van der Waals surface area (Å²) in [6.45, 7) is 3.47. The molecule has 0 saturated heterocycles. The molecule has 2 aromatic heterocycles. The number of rotatable bonds is 9. The highest BCUT2D eigenvalue weighted by Gasteiger charge is 2.33. The van der Waals surface area contributed by atoms with Crippen LogP contribution in [0.3, 0.4) is 0 Å². The Hall–Kier alpha value is -3.72. The fraction of sp³-hybridized carbons (Fsp3) is 0.375. The first-order valence-corrected chi connectivity index (χ1v) is 14.3. The monoisotopic (exact) mass is 509 g/mol. The molecule has 2 heterocycles. The standard InChI is InChI=1S/C24H28N7O4P/c1-35-22-15(17-11-19(36(2,3)34)31(30-17)14-9-10-14)5-4-6-16(22)27-20-18(28-24(33)13-7-8-13)12-26-29-21(20)23(25)32/h4-6,11-14H,7-10H2,1-3H3,(H2,25,32)(H,26,27)(H,28,29,33). The first-order chi connectivity index (χ1) is 17.2. The zero-order valence-corrected chi connectivity index (χ0v) is 21.2. The summed E-state index contributed by atoms with van der Waals surface area (Å²) in [5, 5.41) is 18.5. The van der Waals surface area contributed by atoms with Crippen LogP contribution in [0.15, 0.2) is 30.5 Å². The first kappa shape index (κ1) is 24.0. The van der Waals surface area contributed by atoms with Gasteiger partial charge in [-0.1, -0.05) is 6.07 Å². The lowest BCUT2D eigenvalue weighted by atomic mass is 10.1. The smallest absolute Gasteiger partial charge is 0.271 e. The lowest BCUT2D eigenvalue weighted by Gasteiger charge is -2.18. The summed E-state index contributed by atoms with van der Waals surface area (Å²) in [5.74, 6) is -0.538. The van der Waals surface area contributed by atoms with Crippen molar-refractivity contribution in [3.8, 4) is 17.0 Å². The highest BCUT2D eigenvalue weighted by Crippen LogP contribution is 2.44. The summed E-state index contributed by atoms with van der Waals surface area (Å²) >= 11 is 0. The van der Waals surface area contributed by atoms with Gasteiger partial charge in [0.2, 0.25) is 5.91 Å². The van der Waals surface area contributed by atoms with E-state index < -0.39 is 13.0 Å². The molecule has 2 aliphatic carbocycles. The average Bonchev–Trinajstić information content (AvgIpc) is 3.76. The minimum absolute atomic E-state index is 0.0511. The predicted molar refractivity (Wildman–Crippen MR) is 137 cm³/mol. The van der Waals surface area contributed by atoms with Gasteiger partial charge in [0.25, 0.3) is 5.91 Å². The Bertz CT molecular complexity index is 1410. The van der Waals surface area contributed by atoms with E-state index >= 15 is 0 Å². The van der Waals surface area contributed by atoms with E-state index in [0.29, 0.717) is 28.4 Å². The van der Waals surface area contributed by atoms with Crippen molar-refractivity contribution >= 4 is 41.5 Å². The minimum Gasteiger partial charge on any atom is -0.494 e. The number of carbonyl (C=O) groups is 2. The number of hydrogen-bond donors (Lipinski definition) is 3. The van der Waals surface area contributed by atoms with Crippen molar-refractivity contribution in [2.45, 2.75) is 31.7 Å². The van der Waals surface area contributed by atoms with Crippen molar-refractivity contribution in [3.63, 3.8) is 0 Å². The molecule has 0 unspecified atom stereocenters. The second kappa shape index (κ2) is 9.05. The highest BCUT2D eigenvalue weighted by molar-refractivity contribution is 7.69. The van der Waals surface area contributed by atoms with Crippen molar-refractivity contribution in [2.75, 3.05) is 31.1 Å². The number of ether oxygens (including phenoxy) is 1. The Labute approximate surface area is 208 Å². The Morgan fingerprint density at radius 2 is 1.92 bits per heavy atom. The van der Waals surface area contributed by atoms with E-state index in [1.165, 1.54) is 13.3 Å². The van der Waals surface area contributed by atoms with Gasteiger partial charge < -0.3 is 25.7 Å². The number of aromatic nitrogens is 4. The van der Waals surface area contributed by atoms with Crippen LogP contribution in [0.5, 0.6) is 5.75 Å². The third-order valence-corrected chi connectivity index (χ3v) is 7.64. The highest BCUT2D eigenvalue weighted by atomic mass is 31.2. The second-order valence-electron chi connectivity index (χ2n) is 9.54. The van der Waals surface area contributed by atoms with Crippen molar-refractivity contribution in [3.05, 3.63) is 36.2 Å². The zero-order valence-electron chi connectivity index (χ0n) is 20.3. The van der Waals surface area contributed by atoms with Crippen LogP contribution in [0, 0.1) is 5.92 Å². The van der Waals surface area contributed by atoms with E-state index in [2.05, 4.69) is 20.8 Å². The molecule has 0 atom stereocenters. The van der Waals surface area contributed by atoms with Crippen LogP contribution >= 0.6 is 7.14 Å². The van der Waals surface area contributed by atoms with Crippen LogP contribution in [0.4, 0.5) is 17.1 Å². The predicted octanol–water partition coefficient (Wildman–Crippen LogP) is 3.12. The lowest BCUT2D eigenvalue weighted by Crippen LogP contribution is -2.20. The van der Waals surface area contributed by atoms with Crippen molar-refractivity contribution in [1.29, 1.82) is 0 Å². The van der Waals surface area contributed by atoms with Gasteiger partial charge >= 0.3 is 0 Å². The summed E-state index contributed by atoms with van der Waals surface area (Å²) < 4.78 is 20.6. The van der Waals surface area contributed by atoms with Gasteiger partial charge in [-0.25, -0.2) is 0 Å². The van der Waals surface area contributed by atoms with E-state index in [-0.39, 0.29) is 29.2 Å². The summed E-state index contributed by atoms with van der Waals surface area (Å²) in [4.78, 5) is 24.6. The van der Waals surface area contributed by atoms with E-state index in [4.69, 9.17) is 15.6 Å². The van der Waals surface area contributed by atoms with Crippen LogP contribution < -0.4 is 26.5 Å². The number of amides is 2. The van der Waals surface area contributed by atoms with Crippen molar-refractivity contribution < 1.29 is 18.9 Å². The summed E-state index contributed by atoms with van der Waals surface area (Å²) in [5.41, 5.74) is 8.50. The number of primary amides is 1. The number of para-hydroxylation sites is 1. The van der Waals surface area contributed by atoms with Gasteiger partial charge in [0.05, 0.1) is 47.5 Å². The maximum atomic E-state index is 13.0. The van der Waals surface area contributed by atoms with Gasteiger partial charge in [-0.05, 0) is 57.2 Å². The van der Waals surface area contributed by atoms with Gasteiger partial charge in [0, 0.05) is 11.5 Å². The van der Waals surface area contributed by atoms with Crippen LogP contribution in [-0.2, 0) is 9.36 Å². The summed E-state index contributed by atoms with van der Waals surface area (Å²) in [6.07, 6.45) is 5.03. The van der Waals surface area contributed by atoms with Crippen LogP contribution in [0.1, 0.15) is 42.2 Å². The molecule has 0 radical (unpaired) electrons. The molecular weight excluding hydrogens is 481 g/mol. The normalized spacial score (nSPS) is 15.4. The Morgan fingerprint density at radius 1 is 1.17 bits per heavy atom. The molecule has 12 heteroatoms. The van der Waals surface area contributed by atoms with Crippen molar-refractivity contribution in [1.82, 2.24) is 20.0 Å². The van der Waals surface area contributed by atoms with E-state index in [1.54, 1.807) is 19.4 Å². The van der Waals surface area contributed by atoms with Crippen molar-refractivity contribution in [2.24, 2.45) is 11.7 Å². The maximum Gasteiger partial charge on any atom is 0.271 e. The Balaban J connectivity index is 1.57. The van der Waals surface area contributed by atoms with Crippen LogP contribution in [-0.4, -0.2) is 52.2 Å². The van der Waals surface area contributed by atoms with Gasteiger partial charge in [-0.15, -0.1) is 5.10 Å². The first-order valence-electron chi connectivity index (χ1n) is 11.7. The molecule has 11 nitrogen and oxygen atoms in total. The quantitative estimate of drug-likeness (QED) is 0.372. The maximum absolute atomic E-state index is 13.0. The van der Waals surface area contributed by atoms with E-state index in [0.717, 1.165) is 31.1 Å². The number of benzene rings is 1. The molecule has 2 amide bonds. The summed E-state index contributed by atoms with van der Waals surface area (Å²) in [6, 6.07) is 7.55. The number of anilines is 3. The SMILES string of the molecule is COc1c(Nc2c(NC(=O)C3CC3)cnnc2C(N)=O)cccc1-c1cc(P(C)(C)=O)n(C2CC2)n1. The Morgan fingerprint density at radius 3 is 2.53 bits per heavy atom. The average molecular weight is 510 g/mol. The molecule has 2 aliphatic rings. The number of carbonyl (C=O) groups excluding carboxylic acids is 2. The molecular formula is C24H28N7O4P. The van der Waals surface area contributed by atoms with Gasteiger partial charge in [0.1, 0.15) is 7.14 Å². The van der Waals surface area contributed by atoms with E-state index in [9.17, 15) is 14.2 Å². The molecule has 36 heavy (non-hydrogen) atoms. The molecule has 0 bridgehead atoms. The molecule has 5 rings (SSSR count). The number of nitrogens with zero attached hydrogens (tertiary/aromatic N) is 4.